The van der Waals surface area contributed by atoms with Crippen molar-refractivity contribution in [2.45, 2.75) is 41.4 Å². The molecule has 0 bridgehead atoms. The van der Waals surface area contributed by atoms with Crippen LogP contribution < -0.4 is 10.1 Å². The molecule has 1 aliphatic carbocycles. The minimum atomic E-state index is -0.417. The highest BCUT2D eigenvalue weighted by Crippen LogP contribution is 2.51. The molecule has 2 aliphatic rings. The van der Waals surface area contributed by atoms with E-state index in [0.717, 1.165) is 24.2 Å². The van der Waals surface area contributed by atoms with Crippen molar-refractivity contribution in [3.63, 3.8) is 0 Å². The van der Waals surface area contributed by atoms with Crippen molar-refractivity contribution < 1.29 is 9.53 Å². The third-order valence-corrected chi connectivity index (χ3v) is 6.34. The SMILES string of the molecule is CC1c2ccccc2OC1C(=O)NCC1(Sc2ccccc2)CC1. The fourth-order valence-corrected chi connectivity index (χ4v) is 4.43. The Bertz CT molecular complexity index is 742. The molecule has 4 heteroatoms. The first-order valence-corrected chi connectivity index (χ1v) is 9.26. The van der Waals surface area contributed by atoms with Gasteiger partial charge in [-0.1, -0.05) is 43.3 Å². The fourth-order valence-electron chi connectivity index (χ4n) is 3.19. The number of ether oxygens (including phenoxy) is 1. The number of para-hydroxylation sites is 1. The molecular formula is C20H21NO2S. The van der Waals surface area contributed by atoms with Crippen molar-refractivity contribution in [2.24, 2.45) is 0 Å². The van der Waals surface area contributed by atoms with E-state index < -0.39 is 6.10 Å². The summed E-state index contributed by atoms with van der Waals surface area (Å²) >= 11 is 1.87. The second-order valence-corrected chi connectivity index (χ2v) is 8.22. The molecule has 24 heavy (non-hydrogen) atoms. The summed E-state index contributed by atoms with van der Waals surface area (Å²) in [6.07, 6.45) is 1.88. The van der Waals surface area contributed by atoms with Crippen LogP contribution in [0.15, 0.2) is 59.5 Å². The molecule has 1 heterocycles. The third-order valence-electron chi connectivity index (χ3n) is 4.85. The Kier molecular flexibility index (Phi) is 4.01. The predicted molar refractivity (Wildman–Crippen MR) is 96.5 cm³/mol. The zero-order chi connectivity index (χ0) is 16.6. The lowest BCUT2D eigenvalue weighted by atomic mass is 9.97. The average molecular weight is 339 g/mol. The lowest BCUT2D eigenvalue weighted by Crippen LogP contribution is -2.42. The monoisotopic (exact) mass is 339 g/mol. The minimum absolute atomic E-state index is 0.00126. The quantitative estimate of drug-likeness (QED) is 0.895. The molecule has 4 rings (SSSR count). The first-order valence-electron chi connectivity index (χ1n) is 8.44. The first kappa shape index (κ1) is 15.6. The molecule has 0 spiro atoms. The highest BCUT2D eigenvalue weighted by atomic mass is 32.2. The van der Waals surface area contributed by atoms with E-state index in [0.29, 0.717) is 6.54 Å². The van der Waals surface area contributed by atoms with Crippen molar-refractivity contribution in [3.8, 4) is 5.75 Å². The molecule has 0 aromatic heterocycles. The van der Waals surface area contributed by atoms with Gasteiger partial charge in [0.15, 0.2) is 6.10 Å². The van der Waals surface area contributed by atoms with Crippen LogP contribution in [0.25, 0.3) is 0 Å². The van der Waals surface area contributed by atoms with Crippen LogP contribution in [-0.2, 0) is 4.79 Å². The molecule has 124 valence electrons. The summed E-state index contributed by atoms with van der Waals surface area (Å²) in [6, 6.07) is 18.3. The molecule has 0 radical (unpaired) electrons. The number of carbonyl (C=O) groups excluding carboxylic acids is 1. The minimum Gasteiger partial charge on any atom is -0.480 e. The van der Waals surface area contributed by atoms with Crippen molar-refractivity contribution in [3.05, 3.63) is 60.2 Å². The van der Waals surface area contributed by atoms with Gasteiger partial charge in [0.1, 0.15) is 5.75 Å². The summed E-state index contributed by atoms with van der Waals surface area (Å²) in [5.74, 6) is 0.932. The molecule has 0 saturated heterocycles. The summed E-state index contributed by atoms with van der Waals surface area (Å²) < 4.78 is 6.02. The lowest BCUT2D eigenvalue weighted by molar-refractivity contribution is -0.127. The Balaban J connectivity index is 1.36. The van der Waals surface area contributed by atoms with Gasteiger partial charge in [0.2, 0.25) is 0 Å². The van der Waals surface area contributed by atoms with Gasteiger partial charge in [-0.05, 0) is 31.0 Å². The highest BCUT2D eigenvalue weighted by molar-refractivity contribution is 8.01. The van der Waals surface area contributed by atoms with Gasteiger partial charge in [-0.15, -0.1) is 11.8 Å². The summed E-state index contributed by atoms with van der Waals surface area (Å²) in [4.78, 5) is 13.9. The van der Waals surface area contributed by atoms with Gasteiger partial charge in [-0.2, -0.15) is 0 Å². The van der Waals surface area contributed by atoms with Crippen LogP contribution in [0, 0.1) is 0 Å². The molecule has 1 amide bonds. The number of carbonyl (C=O) groups is 1. The number of nitrogens with one attached hydrogen (secondary N) is 1. The highest BCUT2D eigenvalue weighted by Gasteiger charge is 2.45. The standard InChI is InChI=1S/C20H21NO2S/c1-14-16-9-5-6-10-17(16)23-18(14)19(22)21-13-20(11-12-20)24-15-7-3-2-4-8-15/h2-10,14,18H,11-13H2,1H3,(H,21,22). The molecular weight excluding hydrogens is 318 g/mol. The van der Waals surface area contributed by atoms with Crippen molar-refractivity contribution in [2.75, 3.05) is 6.54 Å². The number of rotatable bonds is 5. The summed E-state index contributed by atoms with van der Waals surface area (Å²) in [7, 11) is 0. The number of thioether (sulfide) groups is 1. The van der Waals surface area contributed by atoms with E-state index in [9.17, 15) is 4.79 Å². The summed E-state index contributed by atoms with van der Waals surface area (Å²) in [6.45, 7) is 2.76. The van der Waals surface area contributed by atoms with Gasteiger partial charge in [0.05, 0.1) is 0 Å². The predicted octanol–water partition coefficient (Wildman–Crippen LogP) is 3.99. The van der Waals surface area contributed by atoms with Crippen LogP contribution in [0.5, 0.6) is 5.75 Å². The van der Waals surface area contributed by atoms with E-state index >= 15 is 0 Å². The molecule has 1 aliphatic heterocycles. The van der Waals surface area contributed by atoms with E-state index in [4.69, 9.17) is 4.74 Å². The second kappa shape index (κ2) is 6.17. The maximum absolute atomic E-state index is 12.6. The van der Waals surface area contributed by atoms with Crippen LogP contribution in [0.2, 0.25) is 0 Å². The van der Waals surface area contributed by atoms with Gasteiger partial charge < -0.3 is 10.1 Å². The van der Waals surface area contributed by atoms with Gasteiger partial charge in [0.25, 0.3) is 5.91 Å². The molecule has 2 aromatic rings. The number of fused-ring (bicyclic) bond motifs is 1. The topological polar surface area (TPSA) is 38.3 Å². The third kappa shape index (κ3) is 3.03. The molecule has 2 aromatic carbocycles. The molecule has 3 nitrogen and oxygen atoms in total. The molecule has 2 unspecified atom stereocenters. The Morgan fingerprint density at radius 2 is 1.88 bits per heavy atom. The molecule has 1 N–H and O–H groups in total. The lowest BCUT2D eigenvalue weighted by Gasteiger charge is -2.19. The average Bonchev–Trinajstić information content (AvgIpc) is 3.29. The van der Waals surface area contributed by atoms with Crippen LogP contribution >= 0.6 is 11.8 Å². The second-order valence-electron chi connectivity index (χ2n) is 6.68. The molecule has 1 fully saturated rings. The number of hydrogen-bond donors (Lipinski definition) is 1. The summed E-state index contributed by atoms with van der Waals surface area (Å²) in [5.41, 5.74) is 1.12. The van der Waals surface area contributed by atoms with Gasteiger partial charge in [-0.25, -0.2) is 0 Å². The number of hydrogen-bond acceptors (Lipinski definition) is 3. The smallest absolute Gasteiger partial charge is 0.261 e. The van der Waals surface area contributed by atoms with Gasteiger partial charge in [-0.3, -0.25) is 4.79 Å². The number of benzene rings is 2. The molecule has 1 saturated carbocycles. The molecule has 2 atom stereocenters. The number of amides is 1. The van der Waals surface area contributed by atoms with Crippen LogP contribution in [0.3, 0.4) is 0 Å². The van der Waals surface area contributed by atoms with E-state index in [1.165, 1.54) is 4.90 Å². The van der Waals surface area contributed by atoms with Crippen LogP contribution in [0.4, 0.5) is 0 Å². The fraction of sp³-hybridized carbons (Fsp3) is 0.350. The Morgan fingerprint density at radius 1 is 1.17 bits per heavy atom. The van der Waals surface area contributed by atoms with E-state index in [2.05, 4.69) is 36.5 Å². The summed E-state index contributed by atoms with van der Waals surface area (Å²) in [5, 5.41) is 3.13. The zero-order valence-electron chi connectivity index (χ0n) is 13.7. The Hall–Kier alpha value is -1.94. The van der Waals surface area contributed by atoms with Crippen molar-refractivity contribution >= 4 is 17.7 Å². The maximum atomic E-state index is 12.6. The van der Waals surface area contributed by atoms with Crippen LogP contribution in [-0.4, -0.2) is 23.3 Å². The first-order chi connectivity index (χ1) is 11.7. The Labute approximate surface area is 146 Å². The van der Waals surface area contributed by atoms with Gasteiger partial charge >= 0.3 is 0 Å². The zero-order valence-corrected chi connectivity index (χ0v) is 14.5. The van der Waals surface area contributed by atoms with E-state index in [1.54, 1.807) is 0 Å². The van der Waals surface area contributed by atoms with Gasteiger partial charge in [0, 0.05) is 27.7 Å². The maximum Gasteiger partial charge on any atom is 0.261 e. The normalized spacial score (nSPS) is 23.2. The van der Waals surface area contributed by atoms with Crippen molar-refractivity contribution in [1.82, 2.24) is 5.32 Å². The van der Waals surface area contributed by atoms with Crippen LogP contribution in [0.1, 0.15) is 31.2 Å². The Morgan fingerprint density at radius 3 is 2.58 bits per heavy atom. The van der Waals surface area contributed by atoms with E-state index in [-0.39, 0.29) is 16.6 Å². The largest absolute Gasteiger partial charge is 0.480 e. The van der Waals surface area contributed by atoms with Crippen molar-refractivity contribution in [1.29, 1.82) is 0 Å². The van der Waals surface area contributed by atoms with E-state index in [1.807, 2.05) is 42.1 Å².